The standard InChI is InChI=1S/C40H47F2N9O6/c1-26(2)37(38(52)53)46-27(3)28(4)51-39(54)50(25-45-51)32-8-6-30(7-9-32)47-15-17-48(18-16-47)31-10-12-33(13-11-31)55-20-34-21-56-40(57-34,22-49-24-43-23-44-49)35-14-5-29(41)19-36(35)42/h5-14,19,23-28,34,37,46H,15-18,20-22H2,1-4H3,(H,52,53)/t27?,28?,34?,37-,40?/m0/s1. The van der Waals surface area contributed by atoms with E-state index in [1.54, 1.807) is 0 Å². The van der Waals surface area contributed by atoms with Crippen LogP contribution < -0.4 is 25.5 Å². The third kappa shape index (κ3) is 8.69. The summed E-state index contributed by atoms with van der Waals surface area (Å²) in [6.45, 7) is 10.9. The van der Waals surface area contributed by atoms with Gasteiger partial charge in [0.1, 0.15) is 61.7 Å². The maximum atomic E-state index is 14.9. The number of carbonyl (C=O) groups is 1. The fraction of sp³-hybridized carbons (Fsp3) is 0.425. The van der Waals surface area contributed by atoms with Crippen molar-refractivity contribution in [2.24, 2.45) is 5.92 Å². The normalized spacial score (nSPS) is 20.2. The van der Waals surface area contributed by atoms with Crippen LogP contribution in [0.3, 0.4) is 0 Å². The van der Waals surface area contributed by atoms with E-state index >= 15 is 0 Å². The van der Waals surface area contributed by atoms with Crippen molar-refractivity contribution in [3.05, 3.63) is 113 Å². The van der Waals surface area contributed by atoms with Crippen molar-refractivity contribution in [2.45, 2.75) is 64.3 Å². The molecule has 17 heteroatoms. The Balaban J connectivity index is 0.907. The largest absolute Gasteiger partial charge is 0.491 e. The van der Waals surface area contributed by atoms with Gasteiger partial charge in [0.25, 0.3) is 0 Å². The van der Waals surface area contributed by atoms with E-state index in [4.69, 9.17) is 14.2 Å². The number of anilines is 2. The maximum Gasteiger partial charge on any atom is 0.350 e. The second-order valence-electron chi connectivity index (χ2n) is 14.8. The van der Waals surface area contributed by atoms with Crippen LogP contribution >= 0.6 is 0 Å². The van der Waals surface area contributed by atoms with E-state index in [2.05, 4.69) is 30.3 Å². The van der Waals surface area contributed by atoms with Crippen molar-refractivity contribution in [3.63, 3.8) is 0 Å². The molecule has 0 saturated carbocycles. The molecule has 2 aromatic heterocycles. The molecule has 0 radical (unpaired) electrons. The summed E-state index contributed by atoms with van der Waals surface area (Å²) in [7, 11) is 0. The number of nitrogens with one attached hydrogen (secondary N) is 1. The van der Waals surface area contributed by atoms with Gasteiger partial charge in [-0.1, -0.05) is 13.8 Å². The van der Waals surface area contributed by atoms with Gasteiger partial charge in [0.05, 0.1) is 18.3 Å². The van der Waals surface area contributed by atoms with E-state index in [-0.39, 0.29) is 49.0 Å². The minimum atomic E-state index is -1.53. The molecule has 0 spiro atoms. The minimum absolute atomic E-state index is 0.0171. The monoisotopic (exact) mass is 787 g/mol. The number of ether oxygens (including phenoxy) is 3. The molecule has 0 bridgehead atoms. The second kappa shape index (κ2) is 16.8. The van der Waals surface area contributed by atoms with Crippen molar-refractivity contribution in [1.82, 2.24) is 34.4 Å². The summed E-state index contributed by atoms with van der Waals surface area (Å²) in [5, 5.41) is 21.2. The van der Waals surface area contributed by atoms with Crippen LogP contribution in [-0.4, -0.2) is 97.8 Å². The molecule has 4 heterocycles. The molecule has 3 aromatic carbocycles. The highest BCUT2D eigenvalue weighted by Gasteiger charge is 2.46. The second-order valence-corrected chi connectivity index (χ2v) is 14.8. The van der Waals surface area contributed by atoms with E-state index in [0.717, 1.165) is 49.7 Å². The fourth-order valence-electron chi connectivity index (χ4n) is 7.23. The SMILES string of the molecule is CC(N[C@H](C(=O)O)C(C)C)C(C)n1ncn(-c2ccc(N3CCN(c4ccc(OCC5COC(Cn6cncn6)(c6ccc(F)cc6F)O5)cc4)CC3)cc2)c1=O. The number of aliphatic carboxylic acids is 1. The molecule has 5 aromatic rings. The van der Waals surface area contributed by atoms with Crippen LogP contribution in [0.5, 0.6) is 5.75 Å². The Labute approximate surface area is 328 Å². The number of nitrogens with zero attached hydrogens (tertiary/aromatic N) is 8. The van der Waals surface area contributed by atoms with Gasteiger partial charge in [-0.25, -0.2) is 32.5 Å². The lowest BCUT2D eigenvalue weighted by Crippen LogP contribution is -2.49. The third-order valence-electron chi connectivity index (χ3n) is 10.6. The number of piperazine rings is 1. The zero-order valence-electron chi connectivity index (χ0n) is 32.2. The van der Waals surface area contributed by atoms with Gasteiger partial charge in [0.2, 0.25) is 5.79 Å². The molecule has 0 amide bonds. The summed E-state index contributed by atoms with van der Waals surface area (Å²) in [6.07, 6.45) is 3.80. The number of rotatable bonds is 15. The van der Waals surface area contributed by atoms with Crippen LogP contribution in [0.25, 0.3) is 5.69 Å². The van der Waals surface area contributed by atoms with Gasteiger partial charge in [-0.05, 0) is 80.4 Å². The first kappa shape index (κ1) is 39.6. The van der Waals surface area contributed by atoms with Gasteiger partial charge in [0, 0.05) is 55.2 Å². The van der Waals surface area contributed by atoms with Gasteiger partial charge < -0.3 is 29.1 Å². The Morgan fingerprint density at radius 2 is 1.58 bits per heavy atom. The Kier molecular flexibility index (Phi) is 11.7. The number of aromatic nitrogens is 6. The molecule has 4 unspecified atom stereocenters. The zero-order valence-corrected chi connectivity index (χ0v) is 32.2. The molecule has 57 heavy (non-hydrogen) atoms. The Hall–Kier alpha value is -5.65. The van der Waals surface area contributed by atoms with E-state index in [0.29, 0.717) is 11.4 Å². The first-order valence-electron chi connectivity index (χ1n) is 19.0. The third-order valence-corrected chi connectivity index (χ3v) is 10.6. The molecule has 302 valence electrons. The van der Waals surface area contributed by atoms with E-state index in [9.17, 15) is 23.5 Å². The summed E-state index contributed by atoms with van der Waals surface area (Å²) in [5.74, 6) is -3.41. The summed E-state index contributed by atoms with van der Waals surface area (Å²) in [4.78, 5) is 33.6. The molecule has 5 atom stereocenters. The number of hydrogen-bond acceptors (Lipinski definition) is 11. The van der Waals surface area contributed by atoms with Crippen LogP contribution in [-0.2, 0) is 26.6 Å². The number of hydrogen-bond donors (Lipinski definition) is 2. The van der Waals surface area contributed by atoms with E-state index < -0.39 is 35.5 Å². The van der Waals surface area contributed by atoms with E-state index in [1.807, 2.05) is 76.2 Å². The molecule has 2 aliphatic heterocycles. The highest BCUT2D eigenvalue weighted by atomic mass is 19.1. The number of carboxylic acids is 1. The molecule has 0 aliphatic carbocycles. The molecule has 2 saturated heterocycles. The highest BCUT2D eigenvalue weighted by Crippen LogP contribution is 2.38. The van der Waals surface area contributed by atoms with Gasteiger partial charge in [-0.15, -0.1) is 0 Å². The first-order valence-corrected chi connectivity index (χ1v) is 19.0. The van der Waals surface area contributed by atoms with Crippen LogP contribution in [0.2, 0.25) is 0 Å². The smallest absolute Gasteiger partial charge is 0.350 e. The molecular formula is C40H47F2N9O6. The van der Waals surface area contributed by atoms with Gasteiger partial charge >= 0.3 is 11.7 Å². The first-order chi connectivity index (χ1) is 27.4. The molecule has 7 rings (SSSR count). The molecule has 2 N–H and O–H groups in total. The van der Waals surface area contributed by atoms with Gasteiger partial charge in [-0.3, -0.25) is 10.1 Å². The lowest BCUT2D eigenvalue weighted by atomic mass is 10.0. The number of halogens is 2. The Bertz CT molecular complexity index is 2170. The predicted octanol–water partition coefficient (Wildman–Crippen LogP) is 4.23. The lowest BCUT2D eigenvalue weighted by molar-refractivity contribution is -0.192. The molecule has 2 fully saturated rings. The Morgan fingerprint density at radius 1 is 0.930 bits per heavy atom. The quantitative estimate of drug-likeness (QED) is 0.156. The van der Waals surface area contributed by atoms with Crippen LogP contribution in [0.15, 0.2) is 90.5 Å². The average molecular weight is 788 g/mol. The molecule has 15 nitrogen and oxygen atoms in total. The van der Waals surface area contributed by atoms with Crippen LogP contribution in [0.1, 0.15) is 39.3 Å². The van der Waals surface area contributed by atoms with Crippen molar-refractivity contribution in [1.29, 1.82) is 0 Å². The molecule has 2 aliphatic rings. The highest BCUT2D eigenvalue weighted by molar-refractivity contribution is 5.73. The number of benzene rings is 3. The number of carboxylic acid groups (broad SMARTS) is 1. The summed E-state index contributed by atoms with van der Waals surface area (Å²) >= 11 is 0. The zero-order chi connectivity index (χ0) is 40.3. The van der Waals surface area contributed by atoms with E-state index in [1.165, 1.54) is 39.0 Å². The summed E-state index contributed by atoms with van der Waals surface area (Å²) < 4.78 is 51.3. The Morgan fingerprint density at radius 3 is 2.18 bits per heavy atom. The lowest BCUT2D eigenvalue weighted by Gasteiger charge is -2.37. The minimum Gasteiger partial charge on any atom is -0.491 e. The molecular weight excluding hydrogens is 740 g/mol. The van der Waals surface area contributed by atoms with Crippen molar-refractivity contribution >= 4 is 17.3 Å². The van der Waals surface area contributed by atoms with Crippen molar-refractivity contribution in [3.8, 4) is 11.4 Å². The predicted molar refractivity (Wildman–Crippen MR) is 207 cm³/mol. The van der Waals surface area contributed by atoms with Gasteiger partial charge in [0.15, 0.2) is 0 Å². The fourth-order valence-corrected chi connectivity index (χ4v) is 7.23. The summed E-state index contributed by atoms with van der Waals surface area (Å²) in [6, 6.07) is 17.5. The van der Waals surface area contributed by atoms with Crippen molar-refractivity contribution < 1.29 is 32.9 Å². The van der Waals surface area contributed by atoms with Crippen LogP contribution in [0, 0.1) is 17.6 Å². The van der Waals surface area contributed by atoms with Crippen LogP contribution in [0.4, 0.5) is 20.2 Å². The van der Waals surface area contributed by atoms with Gasteiger partial charge in [-0.2, -0.15) is 10.2 Å². The summed E-state index contributed by atoms with van der Waals surface area (Å²) in [5.41, 5.74) is 2.57. The van der Waals surface area contributed by atoms with Crippen molar-refractivity contribution in [2.75, 3.05) is 49.2 Å². The maximum absolute atomic E-state index is 14.9. The average Bonchev–Trinajstić information content (AvgIpc) is 3.97. The topological polar surface area (TPSA) is 154 Å².